The second-order valence-corrected chi connectivity index (χ2v) is 7.33. The fourth-order valence-electron chi connectivity index (χ4n) is 3.73. The van der Waals surface area contributed by atoms with Crippen molar-refractivity contribution in [2.24, 2.45) is 5.73 Å². The normalized spacial score (nSPS) is 19.5. The number of primary amides is 1. The van der Waals surface area contributed by atoms with Crippen LogP contribution < -0.4 is 15.8 Å². The summed E-state index contributed by atoms with van der Waals surface area (Å²) < 4.78 is 11.7. The SMILES string of the molecule is COc1ccc(-n2nc(C(N)=O)cc2C(=O)NC2CCN(N3CCOCC3=O)C2)cc1. The van der Waals surface area contributed by atoms with Gasteiger partial charge >= 0.3 is 0 Å². The number of nitrogens with zero attached hydrogens (tertiary/aromatic N) is 4. The zero-order valence-electron chi connectivity index (χ0n) is 17.1. The maximum absolute atomic E-state index is 13.0. The Morgan fingerprint density at radius 1 is 1.26 bits per heavy atom. The second-order valence-electron chi connectivity index (χ2n) is 7.33. The van der Waals surface area contributed by atoms with Crippen LogP contribution in [0.3, 0.4) is 0 Å². The molecule has 31 heavy (non-hydrogen) atoms. The van der Waals surface area contributed by atoms with Gasteiger partial charge in [0.2, 0.25) is 0 Å². The maximum Gasteiger partial charge on any atom is 0.270 e. The number of hydrazine groups is 1. The summed E-state index contributed by atoms with van der Waals surface area (Å²) >= 11 is 0. The van der Waals surface area contributed by atoms with Gasteiger partial charge in [0, 0.05) is 25.2 Å². The molecule has 1 unspecified atom stereocenters. The number of methoxy groups -OCH3 is 1. The molecule has 2 fully saturated rings. The lowest BCUT2D eigenvalue weighted by atomic mass is 10.2. The molecule has 0 saturated carbocycles. The molecule has 2 aliphatic heterocycles. The van der Waals surface area contributed by atoms with Crippen molar-refractivity contribution in [3.63, 3.8) is 0 Å². The average molecular weight is 428 g/mol. The molecular formula is C20H24N6O5. The second kappa shape index (κ2) is 8.74. The number of hydrogen-bond acceptors (Lipinski definition) is 7. The first-order chi connectivity index (χ1) is 15.0. The van der Waals surface area contributed by atoms with Gasteiger partial charge in [-0.25, -0.2) is 9.69 Å². The molecule has 1 aromatic carbocycles. The summed E-state index contributed by atoms with van der Waals surface area (Å²) in [4.78, 5) is 36.7. The van der Waals surface area contributed by atoms with Gasteiger partial charge in [0.1, 0.15) is 18.1 Å². The third-order valence-corrected chi connectivity index (χ3v) is 5.32. The first-order valence-electron chi connectivity index (χ1n) is 9.94. The Hall–Kier alpha value is -3.44. The van der Waals surface area contributed by atoms with Crippen molar-refractivity contribution < 1.29 is 23.9 Å². The van der Waals surface area contributed by atoms with Crippen LogP contribution in [0.25, 0.3) is 5.69 Å². The van der Waals surface area contributed by atoms with Crippen LogP contribution in [0.1, 0.15) is 27.4 Å². The van der Waals surface area contributed by atoms with Crippen molar-refractivity contribution >= 4 is 17.7 Å². The number of morpholine rings is 1. The Kier molecular flexibility index (Phi) is 5.87. The van der Waals surface area contributed by atoms with Crippen molar-refractivity contribution in [2.45, 2.75) is 12.5 Å². The van der Waals surface area contributed by atoms with Crippen LogP contribution in [0.4, 0.5) is 0 Å². The molecule has 11 heteroatoms. The van der Waals surface area contributed by atoms with E-state index in [1.54, 1.807) is 36.4 Å². The summed E-state index contributed by atoms with van der Waals surface area (Å²) in [5.41, 5.74) is 6.15. The van der Waals surface area contributed by atoms with Crippen molar-refractivity contribution in [1.29, 1.82) is 0 Å². The number of carbonyl (C=O) groups excluding carboxylic acids is 3. The van der Waals surface area contributed by atoms with Crippen LogP contribution in [-0.2, 0) is 9.53 Å². The number of benzene rings is 1. The van der Waals surface area contributed by atoms with Crippen LogP contribution in [-0.4, -0.2) is 83.5 Å². The lowest BCUT2D eigenvalue weighted by molar-refractivity contribution is -0.162. The Morgan fingerprint density at radius 3 is 2.71 bits per heavy atom. The van der Waals surface area contributed by atoms with Gasteiger partial charge in [0.15, 0.2) is 5.69 Å². The molecule has 1 aromatic heterocycles. The molecule has 0 aliphatic carbocycles. The van der Waals surface area contributed by atoms with Gasteiger partial charge in [0.25, 0.3) is 17.7 Å². The molecule has 0 bridgehead atoms. The summed E-state index contributed by atoms with van der Waals surface area (Å²) in [6.45, 7) is 2.24. The molecule has 0 radical (unpaired) electrons. The van der Waals surface area contributed by atoms with E-state index in [0.29, 0.717) is 44.1 Å². The van der Waals surface area contributed by atoms with Crippen molar-refractivity contribution in [3.05, 3.63) is 41.7 Å². The first kappa shape index (κ1) is 20.8. The number of nitrogens with two attached hydrogens (primary N) is 1. The minimum atomic E-state index is -0.723. The van der Waals surface area contributed by atoms with E-state index < -0.39 is 5.91 Å². The molecule has 3 amide bonds. The van der Waals surface area contributed by atoms with E-state index in [-0.39, 0.29) is 35.9 Å². The summed E-state index contributed by atoms with van der Waals surface area (Å²) in [5.74, 6) is -0.530. The third kappa shape index (κ3) is 4.37. The maximum atomic E-state index is 13.0. The number of nitrogens with one attached hydrogen (secondary N) is 1. The fourth-order valence-corrected chi connectivity index (χ4v) is 3.73. The van der Waals surface area contributed by atoms with E-state index in [4.69, 9.17) is 15.2 Å². The van der Waals surface area contributed by atoms with Crippen molar-refractivity contribution in [3.8, 4) is 11.4 Å². The van der Waals surface area contributed by atoms with E-state index in [9.17, 15) is 14.4 Å². The largest absolute Gasteiger partial charge is 0.497 e. The van der Waals surface area contributed by atoms with E-state index in [1.807, 2.05) is 5.01 Å². The third-order valence-electron chi connectivity index (χ3n) is 5.32. The molecular weight excluding hydrogens is 404 g/mol. The molecule has 1 atom stereocenters. The van der Waals surface area contributed by atoms with Gasteiger partial charge in [-0.3, -0.25) is 19.4 Å². The van der Waals surface area contributed by atoms with Gasteiger partial charge in [-0.2, -0.15) is 5.10 Å². The van der Waals surface area contributed by atoms with Gasteiger partial charge < -0.3 is 20.5 Å². The molecule has 2 aliphatic rings. The minimum absolute atomic E-state index is 0.00655. The Morgan fingerprint density at radius 2 is 2.03 bits per heavy atom. The average Bonchev–Trinajstić information content (AvgIpc) is 3.42. The van der Waals surface area contributed by atoms with Gasteiger partial charge in [0.05, 0.1) is 25.9 Å². The van der Waals surface area contributed by atoms with E-state index in [2.05, 4.69) is 10.4 Å². The summed E-state index contributed by atoms with van der Waals surface area (Å²) in [6, 6.07) is 8.15. The van der Waals surface area contributed by atoms with Crippen LogP contribution in [0.15, 0.2) is 30.3 Å². The van der Waals surface area contributed by atoms with Crippen LogP contribution in [0, 0.1) is 0 Å². The number of aromatic nitrogens is 2. The highest BCUT2D eigenvalue weighted by Gasteiger charge is 2.32. The van der Waals surface area contributed by atoms with E-state index in [0.717, 1.165) is 0 Å². The Balaban J connectivity index is 1.50. The number of ether oxygens (including phenoxy) is 2. The molecule has 0 spiro atoms. The molecule has 3 heterocycles. The Labute approximate surface area is 178 Å². The highest BCUT2D eigenvalue weighted by atomic mass is 16.5. The van der Waals surface area contributed by atoms with Crippen LogP contribution in [0.2, 0.25) is 0 Å². The number of carbonyl (C=O) groups is 3. The summed E-state index contributed by atoms with van der Waals surface area (Å²) in [6.07, 6.45) is 0.690. The molecule has 164 valence electrons. The standard InChI is InChI=1S/C20H24N6O5/c1-30-15-4-2-14(3-5-15)26-17(10-16(23-26)19(21)28)20(29)22-13-6-7-24(11-13)25-8-9-31-12-18(25)27/h2-5,10,13H,6-9,11-12H2,1H3,(H2,21,28)(H,22,29). The van der Waals surface area contributed by atoms with Crippen molar-refractivity contribution in [2.75, 3.05) is 40.0 Å². The minimum Gasteiger partial charge on any atom is -0.497 e. The van der Waals surface area contributed by atoms with Crippen molar-refractivity contribution in [1.82, 2.24) is 25.1 Å². The van der Waals surface area contributed by atoms with Gasteiger partial charge in [-0.15, -0.1) is 0 Å². The van der Waals surface area contributed by atoms with Gasteiger partial charge in [-0.05, 0) is 30.7 Å². The van der Waals surface area contributed by atoms with Crippen LogP contribution >= 0.6 is 0 Å². The molecule has 11 nitrogen and oxygen atoms in total. The smallest absolute Gasteiger partial charge is 0.270 e. The highest BCUT2D eigenvalue weighted by Crippen LogP contribution is 2.19. The summed E-state index contributed by atoms with van der Waals surface area (Å²) in [5, 5.41) is 10.8. The van der Waals surface area contributed by atoms with E-state index in [1.165, 1.54) is 10.7 Å². The zero-order valence-corrected chi connectivity index (χ0v) is 17.1. The predicted molar refractivity (Wildman–Crippen MR) is 109 cm³/mol. The van der Waals surface area contributed by atoms with Gasteiger partial charge in [-0.1, -0.05) is 0 Å². The summed E-state index contributed by atoms with van der Waals surface area (Å²) in [7, 11) is 1.56. The molecule has 4 rings (SSSR count). The molecule has 3 N–H and O–H groups in total. The lowest BCUT2D eigenvalue weighted by Crippen LogP contribution is -2.52. The fraction of sp³-hybridized carbons (Fsp3) is 0.400. The topological polar surface area (TPSA) is 132 Å². The Bertz CT molecular complexity index is 988. The lowest BCUT2D eigenvalue weighted by Gasteiger charge is -2.34. The predicted octanol–water partition coefficient (Wildman–Crippen LogP) is -0.442. The van der Waals surface area contributed by atoms with Crippen LogP contribution in [0.5, 0.6) is 5.75 Å². The monoisotopic (exact) mass is 428 g/mol. The number of hydrogen-bond donors (Lipinski definition) is 2. The number of rotatable bonds is 6. The molecule has 2 aromatic rings. The first-order valence-corrected chi connectivity index (χ1v) is 9.94. The highest BCUT2D eigenvalue weighted by molar-refractivity contribution is 5.98. The van der Waals surface area contributed by atoms with E-state index >= 15 is 0 Å². The number of amides is 3. The molecule has 2 saturated heterocycles. The quantitative estimate of drug-likeness (QED) is 0.637. The zero-order chi connectivity index (χ0) is 22.0.